The Kier molecular flexibility index (Phi) is 7.47. The fraction of sp³-hybridized carbons (Fsp3) is 0.464. The van der Waals surface area contributed by atoms with Gasteiger partial charge in [-0.15, -0.1) is 0 Å². The molecule has 0 aromatic heterocycles. The van der Waals surface area contributed by atoms with Crippen LogP contribution in [0.1, 0.15) is 48.9 Å². The SMILES string of the molecule is CCCc1ccc(COc2ccc3c(c2OC)CCC(CN2CC(C(=O)O)C2)=C3C)c(OC)c1. The Hall–Kier alpha value is -2.99. The van der Waals surface area contributed by atoms with Gasteiger partial charge in [-0.05, 0) is 55.0 Å². The summed E-state index contributed by atoms with van der Waals surface area (Å²) in [5.41, 5.74) is 7.29. The van der Waals surface area contributed by atoms with Crippen LogP contribution in [-0.4, -0.2) is 49.8 Å². The number of carboxylic acid groups (broad SMARTS) is 1. The van der Waals surface area contributed by atoms with Gasteiger partial charge in [0.1, 0.15) is 12.4 Å². The van der Waals surface area contributed by atoms with E-state index in [0.717, 1.165) is 55.0 Å². The first-order valence-corrected chi connectivity index (χ1v) is 12.1. The Morgan fingerprint density at radius 3 is 2.56 bits per heavy atom. The highest BCUT2D eigenvalue weighted by Crippen LogP contribution is 2.42. The molecule has 2 aromatic rings. The summed E-state index contributed by atoms with van der Waals surface area (Å²) in [6.07, 6.45) is 3.96. The van der Waals surface area contributed by atoms with E-state index in [4.69, 9.17) is 19.3 Å². The quantitative estimate of drug-likeness (QED) is 0.534. The summed E-state index contributed by atoms with van der Waals surface area (Å²) in [4.78, 5) is 13.3. The summed E-state index contributed by atoms with van der Waals surface area (Å²) in [5, 5.41) is 9.13. The van der Waals surface area contributed by atoms with E-state index in [0.29, 0.717) is 19.7 Å². The number of hydrogen-bond acceptors (Lipinski definition) is 5. The minimum Gasteiger partial charge on any atom is -0.496 e. The number of nitrogens with zero attached hydrogens (tertiary/aromatic N) is 1. The molecule has 6 nitrogen and oxygen atoms in total. The average molecular weight is 466 g/mol. The van der Waals surface area contributed by atoms with Crippen molar-refractivity contribution in [2.45, 2.75) is 46.1 Å². The second kappa shape index (κ2) is 10.5. The first-order chi connectivity index (χ1) is 16.4. The van der Waals surface area contributed by atoms with Gasteiger partial charge in [0.15, 0.2) is 11.5 Å². The van der Waals surface area contributed by atoms with E-state index in [1.54, 1.807) is 14.2 Å². The molecule has 1 fully saturated rings. The van der Waals surface area contributed by atoms with Crippen molar-refractivity contribution in [2.75, 3.05) is 33.9 Å². The number of rotatable bonds is 10. The number of aliphatic carboxylic acids is 1. The van der Waals surface area contributed by atoms with Gasteiger partial charge in [-0.25, -0.2) is 0 Å². The van der Waals surface area contributed by atoms with Crippen LogP contribution in [0.2, 0.25) is 0 Å². The minimum absolute atomic E-state index is 0.224. The lowest BCUT2D eigenvalue weighted by molar-refractivity contribution is -0.147. The minimum atomic E-state index is -0.692. The molecule has 0 saturated carbocycles. The molecule has 2 aliphatic rings. The van der Waals surface area contributed by atoms with Crippen LogP contribution in [0, 0.1) is 5.92 Å². The van der Waals surface area contributed by atoms with Gasteiger partial charge < -0.3 is 19.3 Å². The summed E-state index contributed by atoms with van der Waals surface area (Å²) < 4.78 is 17.7. The van der Waals surface area contributed by atoms with E-state index in [1.165, 1.54) is 27.8 Å². The monoisotopic (exact) mass is 465 g/mol. The van der Waals surface area contributed by atoms with Crippen molar-refractivity contribution in [1.29, 1.82) is 0 Å². The first kappa shape index (κ1) is 24.1. The predicted molar refractivity (Wildman–Crippen MR) is 133 cm³/mol. The van der Waals surface area contributed by atoms with E-state index in [2.05, 4.69) is 43.0 Å². The number of aryl methyl sites for hydroxylation is 1. The number of likely N-dealkylation sites (tertiary alicyclic amines) is 1. The normalized spacial score (nSPS) is 16.1. The molecule has 1 heterocycles. The molecule has 0 atom stereocenters. The second-order valence-electron chi connectivity index (χ2n) is 9.27. The molecule has 0 amide bonds. The maximum Gasteiger partial charge on any atom is 0.309 e. The highest BCUT2D eigenvalue weighted by atomic mass is 16.5. The lowest BCUT2D eigenvalue weighted by Gasteiger charge is -2.38. The number of methoxy groups -OCH3 is 2. The molecule has 1 saturated heterocycles. The van der Waals surface area contributed by atoms with E-state index in [-0.39, 0.29) is 5.92 Å². The van der Waals surface area contributed by atoms with Crippen molar-refractivity contribution in [1.82, 2.24) is 4.90 Å². The van der Waals surface area contributed by atoms with Gasteiger partial charge in [0.05, 0.1) is 20.1 Å². The molecule has 0 bridgehead atoms. The predicted octanol–water partition coefficient (Wildman–Crippen LogP) is 4.97. The number of ether oxygens (including phenoxy) is 3. The third kappa shape index (κ3) is 4.92. The molecule has 1 aliphatic carbocycles. The lowest BCUT2D eigenvalue weighted by Crippen LogP contribution is -2.50. The summed E-state index contributed by atoms with van der Waals surface area (Å²) in [6, 6.07) is 10.4. The van der Waals surface area contributed by atoms with Crippen molar-refractivity contribution in [3.8, 4) is 17.2 Å². The van der Waals surface area contributed by atoms with Crippen LogP contribution >= 0.6 is 0 Å². The zero-order valence-electron chi connectivity index (χ0n) is 20.6. The lowest BCUT2D eigenvalue weighted by atomic mass is 9.84. The van der Waals surface area contributed by atoms with E-state index in [1.807, 2.05) is 6.07 Å². The van der Waals surface area contributed by atoms with E-state index >= 15 is 0 Å². The molecule has 1 aliphatic heterocycles. The maximum absolute atomic E-state index is 11.1. The summed E-state index contributed by atoms with van der Waals surface area (Å²) in [7, 11) is 3.39. The average Bonchev–Trinajstić information content (AvgIpc) is 2.80. The first-order valence-electron chi connectivity index (χ1n) is 12.1. The number of carbonyl (C=O) groups is 1. The van der Waals surface area contributed by atoms with E-state index in [9.17, 15) is 4.79 Å². The van der Waals surface area contributed by atoms with Crippen LogP contribution in [-0.2, 0) is 24.2 Å². The van der Waals surface area contributed by atoms with Crippen molar-refractivity contribution in [3.63, 3.8) is 0 Å². The summed E-state index contributed by atoms with van der Waals surface area (Å²) in [6.45, 7) is 6.85. The van der Waals surface area contributed by atoms with Crippen LogP contribution < -0.4 is 14.2 Å². The van der Waals surface area contributed by atoms with Gasteiger partial charge in [-0.3, -0.25) is 9.69 Å². The van der Waals surface area contributed by atoms with Crippen LogP contribution in [0.25, 0.3) is 5.57 Å². The molecule has 1 N–H and O–H groups in total. The van der Waals surface area contributed by atoms with Gasteiger partial charge in [0, 0.05) is 30.8 Å². The molecule has 0 radical (unpaired) electrons. The van der Waals surface area contributed by atoms with Gasteiger partial charge >= 0.3 is 5.97 Å². The topological polar surface area (TPSA) is 68.2 Å². The van der Waals surface area contributed by atoms with Gasteiger partial charge in [0.2, 0.25) is 0 Å². The zero-order valence-corrected chi connectivity index (χ0v) is 20.6. The van der Waals surface area contributed by atoms with Gasteiger partial charge in [-0.1, -0.05) is 37.1 Å². The number of benzene rings is 2. The molecular weight excluding hydrogens is 430 g/mol. The molecule has 2 aromatic carbocycles. The Bertz CT molecular complexity index is 1080. The van der Waals surface area contributed by atoms with Crippen LogP contribution in [0.15, 0.2) is 35.9 Å². The fourth-order valence-electron chi connectivity index (χ4n) is 5.03. The molecule has 0 spiro atoms. The van der Waals surface area contributed by atoms with E-state index < -0.39 is 5.97 Å². The molecule has 0 unspecified atom stereocenters. The van der Waals surface area contributed by atoms with Crippen molar-refractivity contribution < 1.29 is 24.1 Å². The Morgan fingerprint density at radius 1 is 1.09 bits per heavy atom. The molecule has 182 valence electrons. The summed E-state index contributed by atoms with van der Waals surface area (Å²) in [5.74, 6) is 1.47. The maximum atomic E-state index is 11.1. The largest absolute Gasteiger partial charge is 0.496 e. The molecule has 6 heteroatoms. The van der Waals surface area contributed by atoms with Crippen molar-refractivity contribution in [2.24, 2.45) is 5.92 Å². The number of allylic oxidation sites excluding steroid dienone is 1. The second-order valence-corrected chi connectivity index (χ2v) is 9.27. The molecule has 34 heavy (non-hydrogen) atoms. The van der Waals surface area contributed by atoms with Crippen LogP contribution in [0.5, 0.6) is 17.2 Å². The van der Waals surface area contributed by atoms with Crippen LogP contribution in [0.4, 0.5) is 0 Å². The number of carboxylic acids is 1. The smallest absolute Gasteiger partial charge is 0.309 e. The highest BCUT2D eigenvalue weighted by Gasteiger charge is 2.33. The van der Waals surface area contributed by atoms with Crippen molar-refractivity contribution in [3.05, 3.63) is 58.2 Å². The Morgan fingerprint density at radius 2 is 1.88 bits per heavy atom. The zero-order chi connectivity index (χ0) is 24.2. The Balaban J connectivity index is 1.50. The van der Waals surface area contributed by atoms with Gasteiger partial charge in [0.25, 0.3) is 0 Å². The third-order valence-corrected chi connectivity index (χ3v) is 7.03. The number of fused-ring (bicyclic) bond motifs is 1. The van der Waals surface area contributed by atoms with Crippen molar-refractivity contribution >= 4 is 11.5 Å². The molecular formula is C28H35NO5. The number of hydrogen-bond donors (Lipinski definition) is 1. The highest BCUT2D eigenvalue weighted by molar-refractivity contribution is 5.76. The summed E-state index contributed by atoms with van der Waals surface area (Å²) >= 11 is 0. The third-order valence-electron chi connectivity index (χ3n) is 7.03. The molecule has 4 rings (SSSR count). The standard InChI is InChI=1S/C28H35NO5/c1-5-6-19-7-8-21(26(13-19)32-3)17-34-25-12-11-23-18(2)20(9-10-24(23)27(25)33-4)14-29-15-22(16-29)28(30)31/h7-8,11-13,22H,5-6,9-10,14-17H2,1-4H3,(H,30,31). The van der Waals surface area contributed by atoms with Crippen LogP contribution in [0.3, 0.4) is 0 Å². The Labute approximate surface area is 202 Å². The van der Waals surface area contributed by atoms with Gasteiger partial charge in [-0.2, -0.15) is 0 Å². The fourth-order valence-corrected chi connectivity index (χ4v) is 5.03.